The van der Waals surface area contributed by atoms with Crippen molar-refractivity contribution in [2.45, 2.75) is 37.8 Å². The Labute approximate surface area is 153 Å². The number of rotatable bonds is 5. The first-order chi connectivity index (χ1) is 12.3. The third kappa shape index (κ3) is 3.59. The van der Waals surface area contributed by atoms with Crippen LogP contribution in [0.3, 0.4) is 0 Å². The van der Waals surface area contributed by atoms with Gasteiger partial charge in [0.15, 0.2) is 0 Å². The number of sulfonamides is 1. The number of nitrogens with zero attached hydrogens (tertiary/aromatic N) is 1. The summed E-state index contributed by atoms with van der Waals surface area (Å²) in [6.07, 6.45) is 0.650. The van der Waals surface area contributed by atoms with Crippen molar-refractivity contribution in [1.82, 2.24) is 4.72 Å². The summed E-state index contributed by atoms with van der Waals surface area (Å²) in [5.41, 5.74) is 2.51. The highest BCUT2D eigenvalue weighted by atomic mass is 32.2. The van der Waals surface area contributed by atoms with E-state index in [1.807, 2.05) is 19.1 Å². The predicted molar refractivity (Wildman–Crippen MR) is 99.8 cm³/mol. The normalized spacial score (nSPS) is 16.4. The lowest BCUT2D eigenvalue weighted by Gasteiger charge is -2.20. The van der Waals surface area contributed by atoms with Crippen molar-refractivity contribution < 1.29 is 17.9 Å². The summed E-state index contributed by atoms with van der Waals surface area (Å²) >= 11 is 0. The van der Waals surface area contributed by atoms with Crippen LogP contribution in [0.2, 0.25) is 0 Å². The maximum Gasteiger partial charge on any atom is 0.240 e. The molecule has 2 aromatic carbocycles. The van der Waals surface area contributed by atoms with Gasteiger partial charge in [-0.1, -0.05) is 12.1 Å². The molecule has 2 aromatic rings. The summed E-state index contributed by atoms with van der Waals surface area (Å²) < 4.78 is 32.9. The Hall–Kier alpha value is -2.38. The van der Waals surface area contributed by atoms with Gasteiger partial charge in [0, 0.05) is 25.2 Å². The Kier molecular flexibility index (Phi) is 5.02. The van der Waals surface area contributed by atoms with Crippen LogP contribution in [-0.4, -0.2) is 27.5 Å². The second-order valence-corrected chi connectivity index (χ2v) is 8.17. The maximum absolute atomic E-state index is 12.6. The van der Waals surface area contributed by atoms with Crippen molar-refractivity contribution in [2.75, 3.05) is 12.0 Å². The maximum atomic E-state index is 12.6. The van der Waals surface area contributed by atoms with Crippen LogP contribution in [0.25, 0.3) is 0 Å². The molecule has 1 aliphatic rings. The molecule has 0 spiro atoms. The summed E-state index contributed by atoms with van der Waals surface area (Å²) in [4.78, 5) is 13.7. The van der Waals surface area contributed by atoms with Crippen LogP contribution in [0, 0.1) is 0 Å². The van der Waals surface area contributed by atoms with Gasteiger partial charge >= 0.3 is 0 Å². The first-order valence-electron chi connectivity index (χ1n) is 8.37. The summed E-state index contributed by atoms with van der Waals surface area (Å²) in [5.74, 6) is 0.684. The fourth-order valence-corrected chi connectivity index (χ4v) is 4.33. The third-order valence-corrected chi connectivity index (χ3v) is 5.94. The Balaban J connectivity index is 1.78. The number of anilines is 1. The molecule has 0 saturated carbocycles. The minimum absolute atomic E-state index is 0.0349. The number of hydrogen-bond acceptors (Lipinski definition) is 4. The minimum Gasteiger partial charge on any atom is -0.497 e. The van der Waals surface area contributed by atoms with Crippen molar-refractivity contribution in [2.24, 2.45) is 0 Å². The number of hydrogen-bond donors (Lipinski definition) is 1. The first kappa shape index (κ1) is 18.4. The molecule has 138 valence electrons. The van der Waals surface area contributed by atoms with Gasteiger partial charge in [-0.15, -0.1) is 0 Å². The third-order valence-electron chi connectivity index (χ3n) is 4.54. The molecule has 0 fully saturated rings. The molecule has 1 heterocycles. The molecule has 0 saturated heterocycles. The van der Waals surface area contributed by atoms with Crippen molar-refractivity contribution in [3.63, 3.8) is 0 Å². The number of nitrogens with one attached hydrogen (secondary N) is 1. The summed E-state index contributed by atoms with van der Waals surface area (Å²) in [6.45, 7) is 3.67. The summed E-state index contributed by atoms with van der Waals surface area (Å²) in [5, 5.41) is 0. The van der Waals surface area contributed by atoms with Crippen LogP contribution in [0.15, 0.2) is 47.4 Å². The zero-order valence-electron chi connectivity index (χ0n) is 15.0. The SMILES string of the molecule is COc1ccc(CNS(=O)(=O)c2ccc3c(c2)CC(C)N3C(C)=O)cc1. The number of methoxy groups -OCH3 is 1. The molecule has 0 aliphatic carbocycles. The summed E-state index contributed by atoms with van der Waals surface area (Å²) in [6, 6.07) is 12.2. The monoisotopic (exact) mass is 374 g/mol. The fraction of sp³-hybridized carbons (Fsp3) is 0.316. The highest BCUT2D eigenvalue weighted by Gasteiger charge is 2.30. The largest absolute Gasteiger partial charge is 0.497 e. The van der Waals surface area contributed by atoms with Gasteiger partial charge in [0.2, 0.25) is 15.9 Å². The molecule has 6 nitrogen and oxygen atoms in total. The van der Waals surface area contributed by atoms with Gasteiger partial charge in [0.25, 0.3) is 0 Å². The summed E-state index contributed by atoms with van der Waals surface area (Å²) in [7, 11) is -2.05. The number of carbonyl (C=O) groups excluding carboxylic acids is 1. The number of fused-ring (bicyclic) bond motifs is 1. The fourth-order valence-electron chi connectivity index (χ4n) is 3.26. The lowest BCUT2D eigenvalue weighted by Crippen LogP contribution is -2.33. The number of amides is 1. The number of carbonyl (C=O) groups is 1. The zero-order valence-corrected chi connectivity index (χ0v) is 15.8. The smallest absolute Gasteiger partial charge is 0.240 e. The van der Waals surface area contributed by atoms with Crippen LogP contribution in [-0.2, 0) is 27.8 Å². The van der Waals surface area contributed by atoms with Gasteiger partial charge in [0.05, 0.1) is 12.0 Å². The van der Waals surface area contributed by atoms with Gasteiger partial charge in [-0.2, -0.15) is 0 Å². The molecule has 0 bridgehead atoms. The van der Waals surface area contributed by atoms with Crippen LogP contribution >= 0.6 is 0 Å². The molecule has 0 radical (unpaired) electrons. The first-order valence-corrected chi connectivity index (χ1v) is 9.85. The molecule has 1 aliphatic heterocycles. The average Bonchev–Trinajstić information content (AvgIpc) is 2.95. The molecule has 1 N–H and O–H groups in total. The van der Waals surface area contributed by atoms with Crippen LogP contribution < -0.4 is 14.4 Å². The van der Waals surface area contributed by atoms with Gasteiger partial charge in [-0.3, -0.25) is 4.79 Å². The molecule has 0 aromatic heterocycles. The van der Waals surface area contributed by atoms with Crippen molar-refractivity contribution in [1.29, 1.82) is 0 Å². The number of ether oxygens (including phenoxy) is 1. The standard InChI is InChI=1S/C19H22N2O4S/c1-13-10-16-11-18(8-9-19(16)21(13)14(2)22)26(23,24)20-12-15-4-6-17(25-3)7-5-15/h4-9,11,13,20H,10,12H2,1-3H3. The zero-order chi connectivity index (χ0) is 18.9. The van der Waals surface area contributed by atoms with E-state index in [0.717, 1.165) is 22.6 Å². The highest BCUT2D eigenvalue weighted by molar-refractivity contribution is 7.89. The van der Waals surface area contributed by atoms with Crippen molar-refractivity contribution in [3.8, 4) is 5.75 Å². The molecule has 1 atom stereocenters. The lowest BCUT2D eigenvalue weighted by molar-refractivity contribution is -0.116. The van der Waals surface area contributed by atoms with Crippen LogP contribution in [0.5, 0.6) is 5.75 Å². The molecule has 7 heteroatoms. The van der Waals surface area contributed by atoms with Crippen molar-refractivity contribution >= 4 is 21.6 Å². The average molecular weight is 374 g/mol. The molecule has 1 unspecified atom stereocenters. The highest BCUT2D eigenvalue weighted by Crippen LogP contribution is 2.33. The van der Waals surface area contributed by atoms with E-state index in [0.29, 0.717) is 6.42 Å². The molecular formula is C19H22N2O4S. The molecular weight excluding hydrogens is 352 g/mol. The molecule has 1 amide bonds. The Bertz CT molecular complexity index is 923. The van der Waals surface area contributed by atoms with E-state index in [-0.39, 0.29) is 23.4 Å². The van der Waals surface area contributed by atoms with Crippen LogP contribution in [0.1, 0.15) is 25.0 Å². The molecule has 26 heavy (non-hydrogen) atoms. The van der Waals surface area contributed by atoms with E-state index in [2.05, 4.69) is 4.72 Å². The van der Waals surface area contributed by atoms with E-state index in [4.69, 9.17) is 4.74 Å². The lowest BCUT2D eigenvalue weighted by atomic mass is 10.1. The van der Waals surface area contributed by atoms with E-state index in [9.17, 15) is 13.2 Å². The Morgan fingerprint density at radius 1 is 1.23 bits per heavy atom. The second kappa shape index (κ2) is 7.09. The second-order valence-electron chi connectivity index (χ2n) is 6.41. The van der Waals surface area contributed by atoms with E-state index in [1.165, 1.54) is 6.92 Å². The van der Waals surface area contributed by atoms with Gasteiger partial charge in [-0.05, 0) is 54.8 Å². The van der Waals surface area contributed by atoms with Gasteiger partial charge in [0.1, 0.15) is 5.75 Å². The van der Waals surface area contributed by atoms with E-state index in [1.54, 1.807) is 42.3 Å². The van der Waals surface area contributed by atoms with Gasteiger partial charge < -0.3 is 9.64 Å². The van der Waals surface area contributed by atoms with Gasteiger partial charge in [-0.25, -0.2) is 13.1 Å². The van der Waals surface area contributed by atoms with Crippen molar-refractivity contribution in [3.05, 3.63) is 53.6 Å². The Morgan fingerprint density at radius 3 is 2.54 bits per heavy atom. The van der Waals surface area contributed by atoms with E-state index >= 15 is 0 Å². The predicted octanol–water partition coefficient (Wildman–Crippen LogP) is 2.47. The quantitative estimate of drug-likeness (QED) is 0.872. The molecule has 3 rings (SSSR count). The minimum atomic E-state index is -3.64. The number of benzene rings is 2. The topological polar surface area (TPSA) is 75.7 Å². The van der Waals surface area contributed by atoms with Crippen LogP contribution in [0.4, 0.5) is 5.69 Å². The Morgan fingerprint density at radius 2 is 1.92 bits per heavy atom. The van der Waals surface area contributed by atoms with E-state index < -0.39 is 10.0 Å².